The molecule has 2 atom stereocenters. The molecular formula is C30H31F4N5O4. The summed E-state index contributed by atoms with van der Waals surface area (Å²) in [6.07, 6.45) is -3.64. The van der Waals surface area contributed by atoms with Crippen molar-refractivity contribution in [3.8, 4) is 22.8 Å². The highest BCUT2D eigenvalue weighted by Crippen LogP contribution is 2.37. The van der Waals surface area contributed by atoms with Gasteiger partial charge >= 0.3 is 6.18 Å². The Morgan fingerprint density at radius 3 is 2.44 bits per heavy atom. The summed E-state index contributed by atoms with van der Waals surface area (Å²) in [4.78, 5) is 21.9. The highest BCUT2D eigenvalue weighted by Gasteiger charge is 2.40. The lowest BCUT2D eigenvalue weighted by Gasteiger charge is -2.43. The summed E-state index contributed by atoms with van der Waals surface area (Å²) >= 11 is 0. The molecule has 2 aromatic heterocycles. The first kappa shape index (κ1) is 30.2. The second kappa shape index (κ2) is 11.8. The topological polar surface area (TPSA) is 92.4 Å². The summed E-state index contributed by atoms with van der Waals surface area (Å²) < 4.78 is 67.9. The molecule has 0 saturated carbocycles. The normalized spacial score (nSPS) is 16.9. The fraction of sp³-hybridized carbons (Fsp3) is 0.367. The third-order valence-corrected chi connectivity index (χ3v) is 7.83. The maximum atomic E-state index is 14.3. The number of nitrogens with zero attached hydrogens (tertiary/aromatic N) is 5. The summed E-state index contributed by atoms with van der Waals surface area (Å²) in [6, 6.07) is 9.66. The highest BCUT2D eigenvalue weighted by atomic mass is 19.4. The number of hydrogen-bond acceptors (Lipinski definition) is 7. The van der Waals surface area contributed by atoms with Crippen LogP contribution in [0.2, 0.25) is 0 Å². The van der Waals surface area contributed by atoms with Crippen molar-refractivity contribution in [2.75, 3.05) is 40.5 Å². The molecule has 5 rings (SSSR count). The van der Waals surface area contributed by atoms with Crippen LogP contribution in [0.5, 0.6) is 11.5 Å². The van der Waals surface area contributed by atoms with Gasteiger partial charge in [-0.15, -0.1) is 0 Å². The van der Waals surface area contributed by atoms with E-state index in [9.17, 15) is 27.5 Å². The molecule has 13 heteroatoms. The van der Waals surface area contributed by atoms with Crippen LogP contribution in [0.3, 0.4) is 0 Å². The predicted octanol–water partition coefficient (Wildman–Crippen LogP) is 4.76. The second-order valence-corrected chi connectivity index (χ2v) is 10.4. The van der Waals surface area contributed by atoms with Crippen LogP contribution in [0, 0.1) is 12.7 Å². The first-order valence-electron chi connectivity index (χ1n) is 13.6. The van der Waals surface area contributed by atoms with Crippen LogP contribution >= 0.6 is 0 Å². The van der Waals surface area contributed by atoms with Crippen LogP contribution in [0.15, 0.2) is 48.7 Å². The Balaban J connectivity index is 1.48. The molecule has 0 bridgehead atoms. The molecule has 1 saturated heterocycles. The van der Waals surface area contributed by atoms with Crippen molar-refractivity contribution < 1.29 is 36.9 Å². The van der Waals surface area contributed by atoms with Crippen LogP contribution < -0.4 is 9.47 Å². The number of carbonyl (C=O) groups is 1. The molecule has 1 aliphatic rings. The van der Waals surface area contributed by atoms with Gasteiger partial charge in [-0.05, 0) is 44.2 Å². The van der Waals surface area contributed by atoms with Crippen LogP contribution in [0.25, 0.3) is 16.9 Å². The number of aliphatic hydroxyl groups excluding tert-OH is 1. The molecule has 0 radical (unpaired) electrons. The van der Waals surface area contributed by atoms with E-state index in [-0.39, 0.29) is 41.7 Å². The molecule has 228 valence electrons. The molecule has 0 aliphatic carbocycles. The zero-order valence-electron chi connectivity index (χ0n) is 24.0. The summed E-state index contributed by atoms with van der Waals surface area (Å²) in [7, 11) is 2.91. The number of alkyl halides is 3. The zero-order chi connectivity index (χ0) is 31.1. The Kier molecular flexibility index (Phi) is 8.30. The number of aromatic nitrogens is 3. The molecule has 0 unspecified atom stereocenters. The van der Waals surface area contributed by atoms with Crippen molar-refractivity contribution in [2.45, 2.75) is 32.1 Å². The third kappa shape index (κ3) is 5.62. The molecule has 1 aliphatic heterocycles. The van der Waals surface area contributed by atoms with Crippen LogP contribution in [0.4, 0.5) is 17.6 Å². The minimum Gasteiger partial charge on any atom is -0.497 e. The first-order chi connectivity index (χ1) is 20.5. The molecule has 2 aromatic carbocycles. The fourth-order valence-electron chi connectivity index (χ4n) is 5.68. The van der Waals surface area contributed by atoms with E-state index in [1.54, 1.807) is 35.2 Å². The summed E-state index contributed by atoms with van der Waals surface area (Å²) in [6.45, 7) is 3.78. The number of fused-ring (bicyclic) bond motifs is 1. The number of hydrogen-bond donors (Lipinski definition) is 1. The van der Waals surface area contributed by atoms with E-state index in [0.29, 0.717) is 40.2 Å². The van der Waals surface area contributed by atoms with Gasteiger partial charge in [0.1, 0.15) is 22.9 Å². The van der Waals surface area contributed by atoms with E-state index < -0.39 is 29.6 Å². The summed E-state index contributed by atoms with van der Waals surface area (Å²) in [5.41, 5.74) is -0.286. The highest BCUT2D eigenvalue weighted by molar-refractivity contribution is 6.00. The van der Waals surface area contributed by atoms with Gasteiger partial charge < -0.3 is 19.5 Å². The molecule has 43 heavy (non-hydrogen) atoms. The average Bonchev–Trinajstić information content (AvgIpc) is 3.40. The predicted molar refractivity (Wildman–Crippen MR) is 150 cm³/mol. The van der Waals surface area contributed by atoms with Crippen LogP contribution in [-0.2, 0) is 6.18 Å². The van der Waals surface area contributed by atoms with E-state index in [1.165, 1.54) is 33.3 Å². The van der Waals surface area contributed by atoms with Crippen molar-refractivity contribution in [1.29, 1.82) is 0 Å². The smallest absolute Gasteiger partial charge is 0.433 e. The van der Waals surface area contributed by atoms with Crippen molar-refractivity contribution in [3.05, 3.63) is 76.9 Å². The Morgan fingerprint density at radius 2 is 1.84 bits per heavy atom. The maximum absolute atomic E-state index is 14.3. The SMILES string of the molecule is COc1ccc(-c2nc3c(C(=O)N4CCN([C@@H](CO)c5ccc(F)cc5OC)C[C@H]4C)cnn3c(C(F)(F)F)c2C)cc1. The van der Waals surface area contributed by atoms with Gasteiger partial charge in [-0.25, -0.2) is 13.9 Å². The van der Waals surface area contributed by atoms with Gasteiger partial charge in [-0.1, -0.05) is 6.07 Å². The van der Waals surface area contributed by atoms with E-state index in [4.69, 9.17) is 9.47 Å². The van der Waals surface area contributed by atoms with Gasteiger partial charge in [0.05, 0.1) is 38.8 Å². The lowest BCUT2D eigenvalue weighted by molar-refractivity contribution is -0.143. The van der Waals surface area contributed by atoms with Crippen LogP contribution in [-0.4, -0.2) is 81.9 Å². The molecule has 1 amide bonds. The molecule has 1 N–H and O–H groups in total. The average molecular weight is 602 g/mol. The summed E-state index contributed by atoms with van der Waals surface area (Å²) in [5, 5.41) is 14.2. The Labute approximate surface area is 245 Å². The Hall–Kier alpha value is -4.23. The van der Waals surface area contributed by atoms with E-state index in [2.05, 4.69) is 10.1 Å². The first-order valence-corrected chi connectivity index (χ1v) is 13.6. The quantitative estimate of drug-likeness (QED) is 0.306. The molecule has 1 fully saturated rings. The number of amides is 1. The molecule has 4 aromatic rings. The monoisotopic (exact) mass is 601 g/mol. The number of rotatable bonds is 7. The van der Waals surface area contributed by atoms with Gasteiger partial charge in [-0.3, -0.25) is 9.69 Å². The van der Waals surface area contributed by atoms with Gasteiger partial charge in [0, 0.05) is 48.4 Å². The lowest BCUT2D eigenvalue weighted by Crippen LogP contribution is -2.55. The lowest BCUT2D eigenvalue weighted by atomic mass is 10.0. The fourth-order valence-corrected chi connectivity index (χ4v) is 5.68. The largest absolute Gasteiger partial charge is 0.497 e. The number of halogens is 4. The second-order valence-electron chi connectivity index (χ2n) is 10.4. The van der Waals surface area contributed by atoms with E-state index in [1.807, 2.05) is 11.8 Å². The number of benzene rings is 2. The number of methoxy groups -OCH3 is 2. The zero-order valence-corrected chi connectivity index (χ0v) is 24.0. The number of piperazine rings is 1. The van der Waals surface area contributed by atoms with E-state index >= 15 is 0 Å². The van der Waals surface area contributed by atoms with Crippen molar-refractivity contribution >= 4 is 11.6 Å². The van der Waals surface area contributed by atoms with Gasteiger partial charge in [-0.2, -0.15) is 18.3 Å². The molecular weight excluding hydrogens is 570 g/mol. The van der Waals surface area contributed by atoms with Crippen molar-refractivity contribution in [3.63, 3.8) is 0 Å². The Morgan fingerprint density at radius 1 is 1.12 bits per heavy atom. The molecule has 0 spiro atoms. The number of ether oxygens (including phenoxy) is 2. The molecule has 3 heterocycles. The van der Waals surface area contributed by atoms with Crippen molar-refractivity contribution in [2.24, 2.45) is 0 Å². The number of carbonyl (C=O) groups excluding carboxylic acids is 1. The van der Waals surface area contributed by atoms with Crippen molar-refractivity contribution in [1.82, 2.24) is 24.4 Å². The van der Waals surface area contributed by atoms with E-state index in [0.717, 1.165) is 6.20 Å². The van der Waals surface area contributed by atoms with Gasteiger partial charge in [0.25, 0.3) is 5.91 Å². The molecule has 9 nitrogen and oxygen atoms in total. The maximum Gasteiger partial charge on any atom is 0.433 e. The minimum absolute atomic E-state index is 0.0560. The van der Waals surface area contributed by atoms with Gasteiger partial charge in [0.15, 0.2) is 11.3 Å². The Bertz CT molecular complexity index is 1640. The number of aliphatic hydroxyl groups is 1. The minimum atomic E-state index is -4.77. The van der Waals surface area contributed by atoms with Gasteiger partial charge in [0.2, 0.25) is 0 Å². The van der Waals surface area contributed by atoms with Crippen LogP contribution in [0.1, 0.15) is 40.1 Å². The summed E-state index contributed by atoms with van der Waals surface area (Å²) in [5.74, 6) is -0.145. The third-order valence-electron chi connectivity index (χ3n) is 7.83. The standard InChI is InChI=1S/C30H31F4N5O4/c1-17-15-37(24(16-40)22-10-7-20(31)13-25(22)43-4)11-12-38(17)29(41)23-14-35-39-27(30(32,33)34)18(2)26(36-28(23)39)19-5-8-21(42-3)9-6-19/h5-10,13-14,17,24,40H,11-12,15-16H2,1-4H3/t17-,24+/m1/s1.